The zero-order valence-electron chi connectivity index (χ0n) is 11.3. The number of para-hydroxylation sites is 2. The minimum atomic E-state index is 0.0345. The smallest absolute Gasteiger partial charge is 0.261 e. The molecule has 1 N–H and O–H groups in total. The summed E-state index contributed by atoms with van der Waals surface area (Å²) in [5, 5.41) is 3.52. The summed E-state index contributed by atoms with van der Waals surface area (Å²) in [4.78, 5) is 12.8. The van der Waals surface area contributed by atoms with Crippen molar-refractivity contribution >= 4 is 22.9 Å². The van der Waals surface area contributed by atoms with Crippen LogP contribution < -0.4 is 5.32 Å². The van der Waals surface area contributed by atoms with E-state index in [9.17, 15) is 4.79 Å². The number of anilines is 1. The fourth-order valence-electron chi connectivity index (χ4n) is 3.69. The van der Waals surface area contributed by atoms with Gasteiger partial charge >= 0.3 is 0 Å². The molecule has 0 bridgehead atoms. The lowest BCUT2D eigenvalue weighted by molar-refractivity contribution is -0.360. The van der Waals surface area contributed by atoms with Crippen LogP contribution in [0.15, 0.2) is 60.8 Å². The van der Waals surface area contributed by atoms with Crippen molar-refractivity contribution in [2.24, 2.45) is 0 Å². The van der Waals surface area contributed by atoms with Gasteiger partial charge < -0.3 is 5.32 Å². The van der Waals surface area contributed by atoms with Crippen molar-refractivity contribution in [3.05, 3.63) is 71.9 Å². The quantitative estimate of drug-likeness (QED) is 0.748. The third-order valence-corrected chi connectivity index (χ3v) is 4.63. The minimum absolute atomic E-state index is 0.0345. The Morgan fingerprint density at radius 3 is 2.76 bits per heavy atom. The lowest BCUT2D eigenvalue weighted by atomic mass is 9.89. The summed E-state index contributed by atoms with van der Waals surface area (Å²) in [6.45, 7) is 0. The van der Waals surface area contributed by atoms with Crippen LogP contribution in [0.4, 0.5) is 11.4 Å². The molecule has 2 unspecified atom stereocenters. The second-order valence-electron chi connectivity index (χ2n) is 5.68. The topological polar surface area (TPSA) is 32.1 Å². The van der Waals surface area contributed by atoms with E-state index in [1.807, 2.05) is 41.1 Å². The van der Waals surface area contributed by atoms with E-state index in [1.54, 1.807) is 0 Å². The van der Waals surface area contributed by atoms with Crippen LogP contribution in [0.5, 0.6) is 0 Å². The average Bonchev–Trinajstić information content (AvgIpc) is 3.04. The number of nitrogens with one attached hydrogen (secondary N) is 1. The largest absolute Gasteiger partial charge is 0.372 e. The second-order valence-corrected chi connectivity index (χ2v) is 5.68. The first-order chi connectivity index (χ1) is 10.3. The van der Waals surface area contributed by atoms with Crippen LogP contribution in [0, 0.1) is 0 Å². The highest BCUT2D eigenvalue weighted by Crippen LogP contribution is 2.42. The van der Waals surface area contributed by atoms with Crippen LogP contribution in [0.3, 0.4) is 0 Å². The molecule has 0 aliphatic carbocycles. The van der Waals surface area contributed by atoms with E-state index >= 15 is 0 Å². The summed E-state index contributed by atoms with van der Waals surface area (Å²) in [6.07, 6.45) is 4.24. The van der Waals surface area contributed by atoms with Gasteiger partial charge in [-0.2, -0.15) is 4.58 Å². The molecule has 0 amide bonds. The average molecular weight is 273 g/mol. The highest BCUT2D eigenvalue weighted by molar-refractivity contribution is 6.49. The van der Waals surface area contributed by atoms with Crippen LogP contribution in [0.2, 0.25) is 0 Å². The summed E-state index contributed by atoms with van der Waals surface area (Å²) in [5.74, 6) is 0.385. The van der Waals surface area contributed by atoms with Crippen molar-refractivity contribution in [2.45, 2.75) is 12.0 Å². The van der Waals surface area contributed by atoms with Crippen LogP contribution in [0.1, 0.15) is 21.8 Å². The number of fused-ring (bicyclic) bond motifs is 6. The van der Waals surface area contributed by atoms with E-state index in [-0.39, 0.29) is 17.7 Å². The Morgan fingerprint density at radius 1 is 1.00 bits per heavy atom. The highest BCUT2D eigenvalue weighted by Gasteiger charge is 2.49. The number of Topliss-reactive ketones (excluding diaryl/α,β-unsaturated/α-hetero) is 1. The van der Waals surface area contributed by atoms with Gasteiger partial charge in [0.1, 0.15) is 11.6 Å². The summed E-state index contributed by atoms with van der Waals surface area (Å²) < 4.78 is 2.04. The molecule has 0 saturated heterocycles. The summed E-state index contributed by atoms with van der Waals surface area (Å²) in [5.41, 5.74) is 5.05. The zero-order chi connectivity index (χ0) is 14.0. The standard InChI is InChI=1S/C18H13N2O/c21-18-13-6-2-4-8-15(13)20-10-9-12-11-5-1-3-7-14(11)19-16(12)17(18)20/h1-10,12,16,19H/q+1. The number of benzene rings is 2. The van der Waals surface area contributed by atoms with Crippen molar-refractivity contribution < 1.29 is 9.37 Å². The van der Waals surface area contributed by atoms with Gasteiger partial charge in [0, 0.05) is 17.7 Å². The number of carbonyl (C=O) groups is 1. The van der Waals surface area contributed by atoms with E-state index in [1.165, 1.54) is 5.56 Å². The number of hydrogen-bond acceptors (Lipinski definition) is 2. The van der Waals surface area contributed by atoms with Crippen molar-refractivity contribution in [1.82, 2.24) is 0 Å². The molecule has 2 aromatic rings. The highest BCUT2D eigenvalue weighted by atomic mass is 16.1. The number of nitrogens with zero attached hydrogens (tertiary/aromatic N) is 1. The van der Waals surface area contributed by atoms with Gasteiger partial charge in [-0.15, -0.1) is 0 Å². The number of rotatable bonds is 0. The minimum Gasteiger partial charge on any atom is -0.372 e. The second kappa shape index (κ2) is 3.70. The van der Waals surface area contributed by atoms with Gasteiger partial charge in [0.2, 0.25) is 5.69 Å². The predicted octanol–water partition coefficient (Wildman–Crippen LogP) is 3.07. The molecule has 0 spiro atoms. The Balaban J connectivity index is 1.70. The van der Waals surface area contributed by atoms with Crippen molar-refractivity contribution in [3.8, 4) is 0 Å². The fourth-order valence-corrected chi connectivity index (χ4v) is 3.69. The van der Waals surface area contributed by atoms with Gasteiger partial charge in [-0.1, -0.05) is 30.3 Å². The third-order valence-electron chi connectivity index (χ3n) is 4.63. The van der Waals surface area contributed by atoms with Gasteiger partial charge in [0.05, 0.1) is 0 Å². The van der Waals surface area contributed by atoms with Crippen LogP contribution in [-0.2, 0) is 0 Å². The molecule has 3 nitrogen and oxygen atoms in total. The maximum Gasteiger partial charge on any atom is 0.261 e. The van der Waals surface area contributed by atoms with Crippen LogP contribution in [0.25, 0.3) is 0 Å². The summed E-state index contributed by atoms with van der Waals surface area (Å²) in [6, 6.07) is 16.2. The first-order valence-corrected chi connectivity index (χ1v) is 7.18. The van der Waals surface area contributed by atoms with E-state index in [4.69, 9.17) is 0 Å². The lowest BCUT2D eigenvalue weighted by Gasteiger charge is -2.17. The maximum absolute atomic E-state index is 12.8. The van der Waals surface area contributed by atoms with Gasteiger partial charge in [0.15, 0.2) is 6.20 Å². The normalized spacial score (nSPS) is 24.3. The molecule has 3 heteroatoms. The maximum atomic E-state index is 12.8. The molecule has 3 aliphatic heterocycles. The van der Waals surface area contributed by atoms with Gasteiger partial charge in [-0.05, 0) is 23.8 Å². The van der Waals surface area contributed by atoms with Crippen LogP contribution >= 0.6 is 0 Å². The van der Waals surface area contributed by atoms with E-state index in [2.05, 4.69) is 29.6 Å². The SMILES string of the molecule is O=C1C2=[N+](C=CC3c4ccccc4NC23)c2ccccc21. The van der Waals surface area contributed by atoms with Gasteiger partial charge in [0.25, 0.3) is 11.5 Å². The first kappa shape index (κ1) is 11.0. The van der Waals surface area contributed by atoms with Crippen molar-refractivity contribution in [2.75, 3.05) is 5.32 Å². The van der Waals surface area contributed by atoms with Gasteiger partial charge in [-0.25, -0.2) is 0 Å². The molecule has 100 valence electrons. The van der Waals surface area contributed by atoms with Crippen molar-refractivity contribution in [3.63, 3.8) is 0 Å². The predicted molar refractivity (Wildman–Crippen MR) is 81.4 cm³/mol. The first-order valence-electron chi connectivity index (χ1n) is 7.18. The number of carbonyl (C=O) groups excluding carboxylic acids is 1. The Labute approximate surface area is 122 Å². The van der Waals surface area contributed by atoms with E-state index in [0.29, 0.717) is 0 Å². The summed E-state index contributed by atoms with van der Waals surface area (Å²) in [7, 11) is 0. The molecule has 0 saturated carbocycles. The Morgan fingerprint density at radius 2 is 1.81 bits per heavy atom. The van der Waals surface area contributed by atoms with E-state index < -0.39 is 0 Å². The molecular formula is C18H13N2O+. The number of ketones is 1. The molecule has 2 atom stereocenters. The fraction of sp³-hybridized carbons (Fsp3) is 0.111. The molecule has 5 rings (SSSR count). The summed E-state index contributed by atoms with van der Waals surface area (Å²) >= 11 is 0. The zero-order valence-corrected chi connectivity index (χ0v) is 11.3. The Hall–Kier alpha value is -2.68. The molecular weight excluding hydrogens is 260 g/mol. The molecule has 0 radical (unpaired) electrons. The van der Waals surface area contributed by atoms with Crippen LogP contribution in [-0.4, -0.2) is 22.1 Å². The van der Waals surface area contributed by atoms with Gasteiger partial charge in [-0.3, -0.25) is 4.79 Å². The monoisotopic (exact) mass is 273 g/mol. The molecule has 3 aliphatic rings. The van der Waals surface area contributed by atoms with Crippen molar-refractivity contribution in [1.29, 1.82) is 0 Å². The molecule has 2 aromatic carbocycles. The third kappa shape index (κ3) is 1.28. The molecule has 0 aromatic heterocycles. The molecule has 3 heterocycles. The Kier molecular flexibility index (Phi) is 1.94. The number of hydrogen-bond donors (Lipinski definition) is 1. The lowest BCUT2D eigenvalue weighted by Crippen LogP contribution is -2.39. The van der Waals surface area contributed by atoms with E-state index in [0.717, 1.165) is 22.6 Å². The Bertz CT molecular complexity index is 863. The molecule has 21 heavy (non-hydrogen) atoms. The molecule has 0 fully saturated rings.